The van der Waals surface area contributed by atoms with Gasteiger partial charge in [-0.15, -0.1) is 0 Å². The largest absolute Gasteiger partial charge is 0.381 e. The van der Waals surface area contributed by atoms with Crippen molar-refractivity contribution in [1.29, 1.82) is 0 Å². The van der Waals surface area contributed by atoms with E-state index in [2.05, 4.69) is 17.1 Å². The molecule has 1 saturated carbocycles. The summed E-state index contributed by atoms with van der Waals surface area (Å²) in [6.45, 7) is 5.53. The molecule has 0 aliphatic heterocycles. The van der Waals surface area contributed by atoms with Gasteiger partial charge in [0.1, 0.15) is 0 Å². The number of nitrogens with zero attached hydrogens (tertiary/aromatic N) is 2. The van der Waals surface area contributed by atoms with E-state index >= 15 is 0 Å². The van der Waals surface area contributed by atoms with E-state index in [0.717, 1.165) is 19.3 Å². The average molecular weight is 253 g/mol. The Balaban J connectivity index is 1.99. The standard InChI is InChI=1S/C13H23N3O2/c1-3-17-8-6-11-15-12(16-18-11)13(14)7-4-5-10(2)9-13/h10H,3-9,14H2,1-2H3. The van der Waals surface area contributed by atoms with E-state index in [9.17, 15) is 0 Å². The maximum Gasteiger partial charge on any atom is 0.229 e. The van der Waals surface area contributed by atoms with E-state index in [-0.39, 0.29) is 0 Å². The van der Waals surface area contributed by atoms with Crippen LogP contribution in [0.2, 0.25) is 0 Å². The summed E-state index contributed by atoms with van der Waals surface area (Å²) in [5, 5.41) is 4.06. The fraction of sp³-hybridized carbons (Fsp3) is 0.846. The van der Waals surface area contributed by atoms with Crippen LogP contribution in [0.15, 0.2) is 4.52 Å². The van der Waals surface area contributed by atoms with Crippen LogP contribution in [0.3, 0.4) is 0 Å². The highest BCUT2D eigenvalue weighted by Crippen LogP contribution is 2.36. The van der Waals surface area contributed by atoms with Crippen molar-refractivity contribution >= 4 is 0 Å². The Hall–Kier alpha value is -0.940. The van der Waals surface area contributed by atoms with Gasteiger partial charge in [0.15, 0.2) is 5.82 Å². The maximum atomic E-state index is 6.42. The van der Waals surface area contributed by atoms with Gasteiger partial charge in [0.05, 0.1) is 18.6 Å². The Morgan fingerprint density at radius 1 is 1.56 bits per heavy atom. The van der Waals surface area contributed by atoms with E-state index in [1.165, 1.54) is 6.42 Å². The molecule has 0 saturated heterocycles. The lowest BCUT2D eigenvalue weighted by Gasteiger charge is -2.33. The van der Waals surface area contributed by atoms with Crippen LogP contribution in [0.5, 0.6) is 0 Å². The summed E-state index contributed by atoms with van der Waals surface area (Å²) in [5.74, 6) is 1.93. The molecular formula is C13H23N3O2. The first-order valence-electron chi connectivity index (χ1n) is 6.84. The molecule has 0 aromatic carbocycles. The second kappa shape index (κ2) is 5.80. The summed E-state index contributed by atoms with van der Waals surface area (Å²) >= 11 is 0. The number of aromatic nitrogens is 2. The van der Waals surface area contributed by atoms with Crippen LogP contribution >= 0.6 is 0 Å². The summed E-state index contributed by atoms with van der Waals surface area (Å²) in [6, 6.07) is 0. The summed E-state index contributed by atoms with van der Waals surface area (Å²) in [5.41, 5.74) is 6.02. The first kappa shape index (κ1) is 13.5. The maximum absolute atomic E-state index is 6.42. The highest BCUT2D eigenvalue weighted by Gasteiger charge is 2.36. The van der Waals surface area contributed by atoms with Crippen molar-refractivity contribution in [2.24, 2.45) is 11.7 Å². The third-order valence-corrected chi connectivity index (χ3v) is 3.61. The van der Waals surface area contributed by atoms with Gasteiger partial charge in [0.2, 0.25) is 5.89 Å². The minimum Gasteiger partial charge on any atom is -0.381 e. The van der Waals surface area contributed by atoms with Gasteiger partial charge in [-0.25, -0.2) is 0 Å². The van der Waals surface area contributed by atoms with Gasteiger partial charge >= 0.3 is 0 Å². The smallest absolute Gasteiger partial charge is 0.229 e. The Kier molecular flexibility index (Phi) is 4.35. The highest BCUT2D eigenvalue weighted by atomic mass is 16.5. The van der Waals surface area contributed by atoms with Crippen LogP contribution in [0.25, 0.3) is 0 Å². The zero-order valence-corrected chi connectivity index (χ0v) is 11.3. The second-order valence-corrected chi connectivity index (χ2v) is 5.32. The second-order valence-electron chi connectivity index (χ2n) is 5.32. The lowest BCUT2D eigenvalue weighted by atomic mass is 9.76. The summed E-state index contributed by atoms with van der Waals surface area (Å²) in [4.78, 5) is 4.43. The Labute approximate surface area is 108 Å². The average Bonchev–Trinajstić information content (AvgIpc) is 2.78. The first-order valence-corrected chi connectivity index (χ1v) is 6.84. The topological polar surface area (TPSA) is 74.2 Å². The van der Waals surface area contributed by atoms with Gasteiger partial charge in [-0.2, -0.15) is 4.98 Å². The predicted molar refractivity (Wildman–Crippen MR) is 68.0 cm³/mol. The van der Waals surface area contributed by atoms with Crippen LogP contribution in [0, 0.1) is 5.92 Å². The third kappa shape index (κ3) is 3.09. The lowest BCUT2D eigenvalue weighted by molar-refractivity contribution is 0.144. The molecule has 2 N–H and O–H groups in total. The van der Waals surface area contributed by atoms with Crippen molar-refractivity contribution in [2.75, 3.05) is 13.2 Å². The molecule has 1 aliphatic rings. The van der Waals surface area contributed by atoms with Crippen molar-refractivity contribution in [3.63, 3.8) is 0 Å². The van der Waals surface area contributed by atoms with Crippen LogP contribution in [-0.2, 0) is 16.7 Å². The first-order chi connectivity index (χ1) is 8.64. The number of ether oxygens (including phenoxy) is 1. The van der Waals surface area contributed by atoms with E-state index < -0.39 is 5.54 Å². The van der Waals surface area contributed by atoms with Crippen molar-refractivity contribution < 1.29 is 9.26 Å². The zero-order chi connectivity index (χ0) is 13.0. The highest BCUT2D eigenvalue weighted by molar-refractivity contribution is 5.06. The normalized spacial score (nSPS) is 28.5. The molecule has 1 fully saturated rings. The van der Waals surface area contributed by atoms with Crippen molar-refractivity contribution in [3.05, 3.63) is 11.7 Å². The van der Waals surface area contributed by atoms with Gasteiger partial charge in [-0.3, -0.25) is 0 Å². The van der Waals surface area contributed by atoms with Gasteiger partial charge in [-0.05, 0) is 25.7 Å². The van der Waals surface area contributed by atoms with Crippen LogP contribution < -0.4 is 5.73 Å². The number of hydrogen-bond acceptors (Lipinski definition) is 5. The Bertz CT molecular complexity index is 380. The number of hydrogen-bond donors (Lipinski definition) is 1. The van der Waals surface area contributed by atoms with E-state index in [1.807, 2.05) is 6.92 Å². The zero-order valence-electron chi connectivity index (χ0n) is 11.3. The molecule has 5 heteroatoms. The lowest BCUT2D eigenvalue weighted by Crippen LogP contribution is -2.42. The molecule has 18 heavy (non-hydrogen) atoms. The van der Waals surface area contributed by atoms with Crippen molar-refractivity contribution in [3.8, 4) is 0 Å². The minimum absolute atomic E-state index is 0.398. The molecule has 1 aromatic heterocycles. The minimum atomic E-state index is -0.398. The monoisotopic (exact) mass is 253 g/mol. The molecule has 0 spiro atoms. The Morgan fingerprint density at radius 2 is 2.39 bits per heavy atom. The fourth-order valence-corrected chi connectivity index (χ4v) is 2.66. The van der Waals surface area contributed by atoms with Crippen LogP contribution in [0.1, 0.15) is 51.2 Å². The molecule has 2 atom stereocenters. The van der Waals surface area contributed by atoms with E-state index in [0.29, 0.717) is 37.3 Å². The van der Waals surface area contributed by atoms with Crippen molar-refractivity contribution in [2.45, 2.75) is 51.5 Å². The van der Waals surface area contributed by atoms with E-state index in [4.69, 9.17) is 15.0 Å². The molecule has 2 rings (SSSR count). The molecule has 5 nitrogen and oxygen atoms in total. The van der Waals surface area contributed by atoms with Crippen LogP contribution in [0.4, 0.5) is 0 Å². The number of rotatable bonds is 5. The van der Waals surface area contributed by atoms with Gasteiger partial charge in [0, 0.05) is 6.61 Å². The van der Waals surface area contributed by atoms with Crippen molar-refractivity contribution in [1.82, 2.24) is 10.1 Å². The molecule has 0 bridgehead atoms. The van der Waals surface area contributed by atoms with Gasteiger partial charge in [-0.1, -0.05) is 24.9 Å². The van der Waals surface area contributed by atoms with Gasteiger partial charge in [0.25, 0.3) is 0 Å². The van der Waals surface area contributed by atoms with Crippen LogP contribution in [-0.4, -0.2) is 23.4 Å². The molecule has 0 amide bonds. The Morgan fingerprint density at radius 3 is 3.11 bits per heavy atom. The molecule has 1 heterocycles. The molecule has 102 valence electrons. The SMILES string of the molecule is CCOCCc1nc(C2(N)CCCC(C)C2)no1. The number of nitrogens with two attached hydrogens (primary N) is 1. The summed E-state index contributed by atoms with van der Waals surface area (Å²) in [6.07, 6.45) is 4.93. The summed E-state index contributed by atoms with van der Waals surface area (Å²) < 4.78 is 10.5. The summed E-state index contributed by atoms with van der Waals surface area (Å²) in [7, 11) is 0. The molecular weight excluding hydrogens is 230 g/mol. The third-order valence-electron chi connectivity index (χ3n) is 3.61. The molecule has 1 aromatic rings. The van der Waals surface area contributed by atoms with Gasteiger partial charge < -0.3 is 15.0 Å². The molecule has 0 radical (unpaired) electrons. The quantitative estimate of drug-likeness (QED) is 0.812. The molecule has 1 aliphatic carbocycles. The predicted octanol–water partition coefficient (Wildman–Crippen LogP) is 2.01. The van der Waals surface area contributed by atoms with E-state index in [1.54, 1.807) is 0 Å². The molecule has 2 unspecified atom stereocenters. The fourth-order valence-electron chi connectivity index (χ4n) is 2.66.